The average Bonchev–Trinajstić information content (AvgIpc) is 2.25. The van der Waals surface area contributed by atoms with Crippen molar-refractivity contribution in [3.63, 3.8) is 0 Å². The molecule has 0 aliphatic carbocycles. The highest BCUT2D eigenvalue weighted by molar-refractivity contribution is 5.56. The summed E-state index contributed by atoms with van der Waals surface area (Å²) in [5, 5.41) is 0. The lowest BCUT2D eigenvalue weighted by Gasteiger charge is -2.07. The monoisotopic (exact) mass is 190 g/mol. The Morgan fingerprint density at radius 3 is 2.43 bits per heavy atom. The summed E-state index contributed by atoms with van der Waals surface area (Å²) in [4.78, 5) is 0. The van der Waals surface area contributed by atoms with Crippen LogP contribution in [0.15, 0.2) is 36.9 Å². The first-order valence-electron chi connectivity index (χ1n) is 4.33. The molecule has 2 heteroatoms. The fourth-order valence-electron chi connectivity index (χ4n) is 1.14. The molecule has 0 saturated heterocycles. The highest BCUT2D eigenvalue weighted by Gasteiger charge is 2.01. The standard InChI is InChI=1S/C12H14O2/c1-4-5-6-10-7-8-11(13-2)12(9-10)14-3/h4-9H,1H2,2-3H3/b6-5-. The van der Waals surface area contributed by atoms with E-state index < -0.39 is 0 Å². The summed E-state index contributed by atoms with van der Waals surface area (Å²) >= 11 is 0. The first-order chi connectivity index (χ1) is 6.81. The Kier molecular flexibility index (Phi) is 3.80. The fourth-order valence-corrected chi connectivity index (χ4v) is 1.14. The minimum Gasteiger partial charge on any atom is -0.493 e. The van der Waals surface area contributed by atoms with Crippen LogP contribution < -0.4 is 9.47 Å². The Hall–Kier alpha value is -1.70. The normalized spacial score (nSPS) is 10.1. The Balaban J connectivity index is 3.00. The Bertz CT molecular complexity index is 340. The van der Waals surface area contributed by atoms with Crippen LogP contribution in [-0.4, -0.2) is 14.2 Å². The second-order valence-corrected chi connectivity index (χ2v) is 2.71. The first kappa shape index (κ1) is 10.4. The van der Waals surface area contributed by atoms with Crippen LogP contribution in [-0.2, 0) is 0 Å². The van der Waals surface area contributed by atoms with Gasteiger partial charge in [0.25, 0.3) is 0 Å². The van der Waals surface area contributed by atoms with Gasteiger partial charge in [-0.15, -0.1) is 0 Å². The van der Waals surface area contributed by atoms with E-state index in [9.17, 15) is 0 Å². The first-order valence-corrected chi connectivity index (χ1v) is 4.33. The van der Waals surface area contributed by atoms with Gasteiger partial charge in [-0.3, -0.25) is 0 Å². The molecule has 0 unspecified atom stereocenters. The molecule has 0 aliphatic rings. The minimum atomic E-state index is 0.735. The number of methoxy groups -OCH3 is 2. The van der Waals surface area contributed by atoms with Gasteiger partial charge in [-0.2, -0.15) is 0 Å². The van der Waals surface area contributed by atoms with Crippen LogP contribution in [0.5, 0.6) is 11.5 Å². The van der Waals surface area contributed by atoms with E-state index >= 15 is 0 Å². The molecule has 0 spiro atoms. The molecule has 1 rings (SSSR count). The molecule has 0 aliphatic heterocycles. The Morgan fingerprint density at radius 1 is 1.14 bits per heavy atom. The molecule has 14 heavy (non-hydrogen) atoms. The molecule has 1 aromatic carbocycles. The molecule has 0 aromatic heterocycles. The van der Waals surface area contributed by atoms with Crippen LogP contribution in [0.25, 0.3) is 6.08 Å². The zero-order chi connectivity index (χ0) is 10.4. The molecular weight excluding hydrogens is 176 g/mol. The van der Waals surface area contributed by atoms with Gasteiger partial charge in [0.15, 0.2) is 11.5 Å². The minimum absolute atomic E-state index is 0.735. The predicted octanol–water partition coefficient (Wildman–Crippen LogP) is 2.90. The predicted molar refractivity (Wildman–Crippen MR) is 58.8 cm³/mol. The van der Waals surface area contributed by atoms with Crippen molar-refractivity contribution in [3.05, 3.63) is 42.5 Å². The third-order valence-corrected chi connectivity index (χ3v) is 1.83. The topological polar surface area (TPSA) is 18.5 Å². The molecule has 0 radical (unpaired) electrons. The van der Waals surface area contributed by atoms with E-state index in [1.54, 1.807) is 20.3 Å². The van der Waals surface area contributed by atoms with Crippen LogP contribution in [0, 0.1) is 0 Å². The SMILES string of the molecule is C=C/C=C\c1ccc(OC)c(OC)c1. The second-order valence-electron chi connectivity index (χ2n) is 2.71. The maximum atomic E-state index is 5.17. The summed E-state index contributed by atoms with van der Waals surface area (Å²) < 4.78 is 10.3. The van der Waals surface area contributed by atoms with Crippen LogP contribution in [0.4, 0.5) is 0 Å². The van der Waals surface area contributed by atoms with Gasteiger partial charge in [-0.05, 0) is 17.7 Å². The zero-order valence-corrected chi connectivity index (χ0v) is 8.49. The summed E-state index contributed by atoms with van der Waals surface area (Å²) in [5.74, 6) is 1.47. The molecular formula is C12H14O2. The molecule has 0 fully saturated rings. The summed E-state index contributed by atoms with van der Waals surface area (Å²) in [7, 11) is 3.25. The lowest BCUT2D eigenvalue weighted by atomic mass is 10.2. The summed E-state index contributed by atoms with van der Waals surface area (Å²) in [6.45, 7) is 3.61. The maximum Gasteiger partial charge on any atom is 0.161 e. The molecule has 74 valence electrons. The van der Waals surface area contributed by atoms with Gasteiger partial charge in [0.05, 0.1) is 14.2 Å². The summed E-state index contributed by atoms with van der Waals surface area (Å²) in [5.41, 5.74) is 1.06. The van der Waals surface area contributed by atoms with Gasteiger partial charge in [0.2, 0.25) is 0 Å². The van der Waals surface area contributed by atoms with Gasteiger partial charge < -0.3 is 9.47 Å². The molecule has 0 amide bonds. The van der Waals surface area contributed by atoms with Gasteiger partial charge in [0.1, 0.15) is 0 Å². The summed E-state index contributed by atoms with van der Waals surface area (Å²) in [6, 6.07) is 5.75. The van der Waals surface area contributed by atoms with Crippen molar-refractivity contribution in [2.24, 2.45) is 0 Å². The molecule has 0 heterocycles. The fraction of sp³-hybridized carbons (Fsp3) is 0.167. The van der Waals surface area contributed by atoms with E-state index in [0.717, 1.165) is 17.1 Å². The van der Waals surface area contributed by atoms with Crippen molar-refractivity contribution in [3.8, 4) is 11.5 Å². The van der Waals surface area contributed by atoms with Gasteiger partial charge in [-0.1, -0.05) is 30.9 Å². The lowest BCUT2D eigenvalue weighted by molar-refractivity contribution is 0.355. The lowest BCUT2D eigenvalue weighted by Crippen LogP contribution is -1.90. The Morgan fingerprint density at radius 2 is 1.86 bits per heavy atom. The van der Waals surface area contributed by atoms with E-state index in [4.69, 9.17) is 9.47 Å². The number of rotatable bonds is 4. The molecule has 0 atom stereocenters. The van der Waals surface area contributed by atoms with E-state index in [-0.39, 0.29) is 0 Å². The highest BCUT2D eigenvalue weighted by Crippen LogP contribution is 2.27. The van der Waals surface area contributed by atoms with E-state index in [2.05, 4.69) is 6.58 Å². The Labute approximate surface area is 84.5 Å². The van der Waals surface area contributed by atoms with Crippen LogP contribution in [0.3, 0.4) is 0 Å². The molecule has 1 aromatic rings. The van der Waals surface area contributed by atoms with Crippen LogP contribution in [0.1, 0.15) is 5.56 Å². The molecule has 2 nitrogen and oxygen atoms in total. The van der Waals surface area contributed by atoms with Crippen molar-refractivity contribution >= 4 is 6.08 Å². The number of ether oxygens (including phenoxy) is 2. The number of hydrogen-bond acceptors (Lipinski definition) is 2. The molecule has 0 saturated carbocycles. The largest absolute Gasteiger partial charge is 0.493 e. The smallest absolute Gasteiger partial charge is 0.161 e. The highest BCUT2D eigenvalue weighted by atomic mass is 16.5. The van der Waals surface area contributed by atoms with Crippen molar-refractivity contribution in [2.75, 3.05) is 14.2 Å². The number of allylic oxidation sites excluding steroid dienone is 2. The van der Waals surface area contributed by atoms with Crippen LogP contribution in [0.2, 0.25) is 0 Å². The number of benzene rings is 1. The van der Waals surface area contributed by atoms with E-state index in [1.807, 2.05) is 30.4 Å². The number of hydrogen-bond donors (Lipinski definition) is 0. The zero-order valence-electron chi connectivity index (χ0n) is 8.49. The molecule has 0 bridgehead atoms. The maximum absolute atomic E-state index is 5.17. The van der Waals surface area contributed by atoms with Gasteiger partial charge in [0, 0.05) is 0 Å². The average molecular weight is 190 g/mol. The van der Waals surface area contributed by atoms with Gasteiger partial charge >= 0.3 is 0 Å². The van der Waals surface area contributed by atoms with Crippen molar-refractivity contribution in [1.29, 1.82) is 0 Å². The van der Waals surface area contributed by atoms with Gasteiger partial charge in [-0.25, -0.2) is 0 Å². The van der Waals surface area contributed by atoms with E-state index in [0.29, 0.717) is 0 Å². The molecule has 0 N–H and O–H groups in total. The third kappa shape index (κ3) is 2.39. The van der Waals surface area contributed by atoms with E-state index in [1.165, 1.54) is 0 Å². The summed E-state index contributed by atoms with van der Waals surface area (Å²) in [6.07, 6.45) is 5.56. The second kappa shape index (κ2) is 5.12. The van der Waals surface area contributed by atoms with Crippen LogP contribution >= 0.6 is 0 Å². The quantitative estimate of drug-likeness (QED) is 0.680. The third-order valence-electron chi connectivity index (χ3n) is 1.83. The van der Waals surface area contributed by atoms with Crippen molar-refractivity contribution in [1.82, 2.24) is 0 Å². The van der Waals surface area contributed by atoms with Crippen molar-refractivity contribution in [2.45, 2.75) is 0 Å². The van der Waals surface area contributed by atoms with Crippen molar-refractivity contribution < 1.29 is 9.47 Å².